The topological polar surface area (TPSA) is 105 Å². The van der Waals surface area contributed by atoms with Gasteiger partial charge in [0.15, 0.2) is 0 Å². The van der Waals surface area contributed by atoms with Crippen LogP contribution in [0.4, 0.5) is 28.9 Å². The van der Waals surface area contributed by atoms with Crippen molar-refractivity contribution < 1.29 is 27.2 Å². The molecule has 0 bridgehead atoms. The third-order valence-corrected chi connectivity index (χ3v) is 9.26. The number of hydrogen-bond acceptors (Lipinski definition) is 8. The summed E-state index contributed by atoms with van der Waals surface area (Å²) in [4.78, 5) is 52.6. The Labute approximate surface area is 255 Å². The van der Waals surface area contributed by atoms with Crippen LogP contribution in [0.5, 0.6) is 0 Å². The standard InChI is InChI=1S/C29H33F4N7O3S/c1-16-14-40(15-17(2)38(16)4)23-11-21(30)18(27-35-13-24(44-27)28(43)39-7-5-37(3)6-8-39)9-22(23)36-26(42)19-12-34-25(41)10-20(19)29(31,32)33/h9-13,16-17H,5-8,14-15H2,1-4H3,(H,34,41)(H,36,42)/t16-,17+. The van der Waals surface area contributed by atoms with E-state index in [-0.39, 0.29) is 39.9 Å². The molecule has 2 aliphatic rings. The lowest BCUT2D eigenvalue weighted by Gasteiger charge is -2.44. The average molecular weight is 636 g/mol. The Bertz CT molecular complexity index is 1600. The minimum absolute atomic E-state index is 0.0146. The van der Waals surface area contributed by atoms with Gasteiger partial charge in [-0.3, -0.25) is 19.3 Å². The number of halogens is 4. The van der Waals surface area contributed by atoms with Gasteiger partial charge in [-0.15, -0.1) is 11.3 Å². The maximum Gasteiger partial charge on any atom is 0.417 e. The van der Waals surface area contributed by atoms with Gasteiger partial charge in [0.05, 0.1) is 28.7 Å². The van der Waals surface area contributed by atoms with Gasteiger partial charge in [-0.2, -0.15) is 13.2 Å². The molecule has 2 fully saturated rings. The lowest BCUT2D eigenvalue weighted by atomic mass is 10.1. The van der Waals surface area contributed by atoms with Gasteiger partial charge in [-0.25, -0.2) is 9.37 Å². The molecular formula is C29H33F4N7O3S. The summed E-state index contributed by atoms with van der Waals surface area (Å²) in [6.45, 7) is 7.48. The second-order valence-electron chi connectivity index (χ2n) is 11.3. The third kappa shape index (κ3) is 6.49. The smallest absolute Gasteiger partial charge is 0.367 e. The number of carbonyl (C=O) groups excluding carboxylic acids is 2. The van der Waals surface area contributed by atoms with Gasteiger partial charge < -0.3 is 25.0 Å². The van der Waals surface area contributed by atoms with Crippen LogP contribution in [0, 0.1) is 5.82 Å². The van der Waals surface area contributed by atoms with E-state index in [1.165, 1.54) is 18.3 Å². The Kier molecular flexibility index (Phi) is 8.82. The number of alkyl halides is 3. The maximum absolute atomic E-state index is 15.8. The van der Waals surface area contributed by atoms with Crippen molar-refractivity contribution in [2.75, 3.05) is 63.6 Å². The minimum atomic E-state index is -4.96. The number of amides is 2. The number of nitrogens with one attached hydrogen (secondary N) is 2. The van der Waals surface area contributed by atoms with Gasteiger partial charge in [-0.1, -0.05) is 0 Å². The average Bonchev–Trinajstić information content (AvgIpc) is 3.46. The summed E-state index contributed by atoms with van der Waals surface area (Å²) < 4.78 is 57.0. The van der Waals surface area contributed by atoms with Crippen LogP contribution in [-0.2, 0) is 6.18 Å². The van der Waals surface area contributed by atoms with Crippen molar-refractivity contribution in [3.63, 3.8) is 0 Å². The van der Waals surface area contributed by atoms with E-state index in [1.807, 2.05) is 32.8 Å². The molecule has 1 aromatic carbocycles. The van der Waals surface area contributed by atoms with Crippen LogP contribution in [-0.4, -0.2) is 102 Å². The van der Waals surface area contributed by atoms with Crippen molar-refractivity contribution >= 4 is 34.5 Å². The predicted molar refractivity (Wildman–Crippen MR) is 160 cm³/mol. The summed E-state index contributed by atoms with van der Waals surface area (Å²) >= 11 is 0.999. The molecule has 4 heterocycles. The molecule has 0 spiro atoms. The van der Waals surface area contributed by atoms with E-state index in [0.29, 0.717) is 43.3 Å². The molecule has 2 aliphatic heterocycles. The fourth-order valence-corrected chi connectivity index (χ4v) is 6.34. The number of likely N-dealkylation sites (N-methyl/N-ethyl adjacent to an activating group) is 2. The Morgan fingerprint density at radius 3 is 2.34 bits per heavy atom. The van der Waals surface area contributed by atoms with Crippen molar-refractivity contribution in [3.8, 4) is 10.6 Å². The number of aromatic nitrogens is 2. The van der Waals surface area contributed by atoms with Crippen molar-refractivity contribution in [1.82, 2.24) is 24.7 Å². The number of hydrogen-bond donors (Lipinski definition) is 2. The quantitative estimate of drug-likeness (QED) is 0.411. The number of pyridine rings is 1. The molecule has 236 valence electrons. The molecule has 0 aliphatic carbocycles. The van der Waals surface area contributed by atoms with E-state index in [2.05, 4.69) is 25.1 Å². The number of aromatic amines is 1. The normalized spacial score (nSPS) is 20.2. The zero-order chi connectivity index (χ0) is 31.9. The first-order valence-corrected chi connectivity index (χ1v) is 14.9. The van der Waals surface area contributed by atoms with E-state index in [9.17, 15) is 27.6 Å². The molecule has 2 saturated heterocycles. The Balaban J connectivity index is 1.53. The summed E-state index contributed by atoms with van der Waals surface area (Å²) in [6.07, 6.45) is -2.87. The second kappa shape index (κ2) is 12.3. The first-order valence-electron chi connectivity index (χ1n) is 14.1. The third-order valence-electron chi connectivity index (χ3n) is 8.25. The lowest BCUT2D eigenvalue weighted by molar-refractivity contribution is -0.138. The summed E-state index contributed by atoms with van der Waals surface area (Å²) in [7, 11) is 3.94. The van der Waals surface area contributed by atoms with Crippen LogP contribution in [0.3, 0.4) is 0 Å². The molecule has 44 heavy (non-hydrogen) atoms. The molecule has 3 aromatic rings. The van der Waals surface area contributed by atoms with E-state index < -0.39 is 34.6 Å². The van der Waals surface area contributed by atoms with Crippen LogP contribution < -0.4 is 15.8 Å². The van der Waals surface area contributed by atoms with Crippen LogP contribution in [0.25, 0.3) is 10.6 Å². The second-order valence-corrected chi connectivity index (χ2v) is 12.3. The number of thiazole rings is 1. The van der Waals surface area contributed by atoms with Crippen molar-refractivity contribution in [2.24, 2.45) is 0 Å². The number of anilines is 2. The molecule has 2 amide bonds. The van der Waals surface area contributed by atoms with Crippen molar-refractivity contribution in [1.29, 1.82) is 0 Å². The predicted octanol–water partition coefficient (Wildman–Crippen LogP) is 3.83. The molecule has 2 atom stereocenters. The highest BCUT2D eigenvalue weighted by Gasteiger charge is 2.36. The molecule has 10 nitrogen and oxygen atoms in total. The highest BCUT2D eigenvalue weighted by molar-refractivity contribution is 7.16. The SMILES string of the molecule is C[C@@H]1CN(c2cc(F)c(-c3ncc(C(=O)N4CCN(C)CC4)s3)cc2NC(=O)c2c[nH]c(=O)cc2C(F)(F)F)C[C@H](C)N1C. The molecule has 2 N–H and O–H groups in total. The molecule has 0 radical (unpaired) electrons. The number of piperazine rings is 2. The largest absolute Gasteiger partial charge is 0.417 e. The van der Waals surface area contributed by atoms with E-state index in [1.54, 1.807) is 4.90 Å². The number of rotatable bonds is 5. The van der Waals surface area contributed by atoms with Gasteiger partial charge in [0.25, 0.3) is 11.8 Å². The van der Waals surface area contributed by atoms with Crippen LogP contribution in [0.1, 0.15) is 39.4 Å². The Morgan fingerprint density at radius 1 is 1.05 bits per heavy atom. The number of H-pyrrole nitrogens is 1. The van der Waals surface area contributed by atoms with Crippen LogP contribution in [0.15, 0.2) is 35.4 Å². The Morgan fingerprint density at radius 2 is 1.70 bits per heavy atom. The summed E-state index contributed by atoms with van der Waals surface area (Å²) in [5.41, 5.74) is -2.85. The molecule has 2 aromatic heterocycles. The van der Waals surface area contributed by atoms with E-state index in [4.69, 9.17) is 0 Å². The van der Waals surface area contributed by atoms with Crippen LogP contribution >= 0.6 is 11.3 Å². The van der Waals surface area contributed by atoms with Crippen LogP contribution in [0.2, 0.25) is 0 Å². The number of benzene rings is 1. The molecule has 0 saturated carbocycles. The fraction of sp³-hybridized carbons (Fsp3) is 0.448. The van der Waals surface area contributed by atoms with E-state index in [0.717, 1.165) is 24.4 Å². The first kappa shape index (κ1) is 31.6. The van der Waals surface area contributed by atoms with Gasteiger partial charge in [0, 0.05) is 75.2 Å². The van der Waals surface area contributed by atoms with Gasteiger partial charge in [-0.05, 0) is 34.0 Å². The van der Waals surface area contributed by atoms with Gasteiger partial charge in [0.1, 0.15) is 15.7 Å². The zero-order valence-electron chi connectivity index (χ0n) is 24.7. The molecule has 0 unspecified atom stereocenters. The number of nitrogens with zero attached hydrogens (tertiary/aromatic N) is 5. The van der Waals surface area contributed by atoms with E-state index >= 15 is 4.39 Å². The molecule has 5 rings (SSSR count). The highest BCUT2D eigenvalue weighted by Crippen LogP contribution is 2.38. The zero-order valence-corrected chi connectivity index (χ0v) is 25.5. The summed E-state index contributed by atoms with van der Waals surface area (Å²) in [5.74, 6) is -2.01. The Hall–Kier alpha value is -3.82. The van der Waals surface area contributed by atoms with Crippen molar-refractivity contribution in [2.45, 2.75) is 32.1 Å². The van der Waals surface area contributed by atoms with Crippen molar-refractivity contribution in [3.05, 3.63) is 62.8 Å². The fourth-order valence-electron chi connectivity index (χ4n) is 5.44. The highest BCUT2D eigenvalue weighted by atomic mass is 32.1. The monoisotopic (exact) mass is 635 g/mol. The summed E-state index contributed by atoms with van der Waals surface area (Å²) in [6, 6.07) is 3.00. The summed E-state index contributed by atoms with van der Waals surface area (Å²) in [5, 5.41) is 2.72. The molecular weight excluding hydrogens is 602 g/mol. The first-order chi connectivity index (χ1) is 20.7. The van der Waals surface area contributed by atoms with Gasteiger partial charge in [0.2, 0.25) is 5.56 Å². The molecule has 15 heteroatoms. The minimum Gasteiger partial charge on any atom is -0.367 e. The lowest BCUT2D eigenvalue weighted by Crippen LogP contribution is -2.55. The maximum atomic E-state index is 15.8. The van der Waals surface area contributed by atoms with Gasteiger partial charge >= 0.3 is 6.18 Å². The number of carbonyl (C=O) groups is 2.